The SMILES string of the molecule is COc1ccc(CNC(=O)c2sc(=S)n3c2NC(=O)C2CC(Cl)CCC23)cc1. The lowest BCUT2D eigenvalue weighted by atomic mass is 9.82. The van der Waals surface area contributed by atoms with E-state index in [1.165, 1.54) is 11.3 Å². The molecule has 6 nitrogen and oxygen atoms in total. The van der Waals surface area contributed by atoms with E-state index in [0.29, 0.717) is 27.6 Å². The predicted molar refractivity (Wildman–Crippen MR) is 112 cm³/mol. The van der Waals surface area contributed by atoms with Crippen molar-refractivity contribution >= 4 is 52.8 Å². The number of aromatic nitrogens is 1. The van der Waals surface area contributed by atoms with Gasteiger partial charge in [0.05, 0.1) is 13.0 Å². The molecular formula is C19H20ClN3O3S2. The lowest BCUT2D eigenvalue weighted by Gasteiger charge is -2.38. The van der Waals surface area contributed by atoms with Gasteiger partial charge in [-0.25, -0.2) is 0 Å². The first kappa shape index (κ1) is 19.4. The predicted octanol–water partition coefficient (Wildman–Crippen LogP) is 4.12. The molecular weight excluding hydrogens is 418 g/mol. The highest BCUT2D eigenvalue weighted by Crippen LogP contribution is 2.44. The monoisotopic (exact) mass is 437 g/mol. The fourth-order valence-electron chi connectivity index (χ4n) is 3.87. The molecule has 0 bridgehead atoms. The molecule has 1 aromatic carbocycles. The summed E-state index contributed by atoms with van der Waals surface area (Å²) in [5, 5.41) is 5.81. The van der Waals surface area contributed by atoms with E-state index in [1.54, 1.807) is 7.11 Å². The zero-order valence-electron chi connectivity index (χ0n) is 15.2. The van der Waals surface area contributed by atoms with Gasteiger partial charge in [0.1, 0.15) is 16.4 Å². The smallest absolute Gasteiger partial charge is 0.265 e. The summed E-state index contributed by atoms with van der Waals surface area (Å²) >= 11 is 13.0. The first-order valence-electron chi connectivity index (χ1n) is 9.09. The lowest BCUT2D eigenvalue weighted by molar-refractivity contribution is -0.123. The van der Waals surface area contributed by atoms with Gasteiger partial charge < -0.3 is 19.9 Å². The van der Waals surface area contributed by atoms with Gasteiger partial charge in [-0.15, -0.1) is 11.6 Å². The highest BCUT2D eigenvalue weighted by atomic mass is 35.5. The van der Waals surface area contributed by atoms with Crippen molar-refractivity contribution in [2.24, 2.45) is 5.92 Å². The van der Waals surface area contributed by atoms with E-state index in [2.05, 4.69) is 10.6 Å². The van der Waals surface area contributed by atoms with Crippen molar-refractivity contribution in [3.05, 3.63) is 38.7 Å². The van der Waals surface area contributed by atoms with Crippen LogP contribution in [-0.4, -0.2) is 28.9 Å². The van der Waals surface area contributed by atoms with Crippen molar-refractivity contribution in [1.82, 2.24) is 9.88 Å². The van der Waals surface area contributed by atoms with Crippen LogP contribution in [0.4, 0.5) is 5.82 Å². The molecule has 148 valence electrons. The number of hydrogen-bond acceptors (Lipinski definition) is 5. The summed E-state index contributed by atoms with van der Waals surface area (Å²) in [4.78, 5) is 25.8. The summed E-state index contributed by atoms with van der Waals surface area (Å²) in [5.74, 6) is 0.762. The van der Waals surface area contributed by atoms with Crippen LogP contribution in [0.25, 0.3) is 0 Å². The topological polar surface area (TPSA) is 72.4 Å². The Morgan fingerprint density at radius 1 is 1.39 bits per heavy atom. The van der Waals surface area contributed by atoms with Gasteiger partial charge in [-0.3, -0.25) is 9.59 Å². The Morgan fingerprint density at radius 3 is 2.86 bits per heavy atom. The molecule has 1 saturated carbocycles. The minimum atomic E-state index is -0.245. The first-order valence-corrected chi connectivity index (χ1v) is 10.8. The summed E-state index contributed by atoms with van der Waals surface area (Å²) in [6.45, 7) is 0.376. The number of amides is 2. The number of fused-ring (bicyclic) bond motifs is 3. The molecule has 4 rings (SSSR count). The Balaban J connectivity index is 1.55. The number of alkyl halides is 1. The van der Waals surface area contributed by atoms with E-state index in [9.17, 15) is 9.59 Å². The average Bonchev–Trinajstić information content (AvgIpc) is 3.03. The second kappa shape index (κ2) is 7.85. The maximum atomic E-state index is 12.8. The van der Waals surface area contributed by atoms with Crippen LogP contribution in [0.1, 0.15) is 40.5 Å². The van der Waals surface area contributed by atoms with Crippen molar-refractivity contribution in [1.29, 1.82) is 0 Å². The minimum Gasteiger partial charge on any atom is -0.497 e. The molecule has 3 atom stereocenters. The molecule has 2 N–H and O–H groups in total. The van der Waals surface area contributed by atoms with Crippen molar-refractivity contribution < 1.29 is 14.3 Å². The highest BCUT2D eigenvalue weighted by Gasteiger charge is 2.42. The van der Waals surface area contributed by atoms with Gasteiger partial charge in [-0.05, 0) is 49.2 Å². The average molecular weight is 438 g/mol. The largest absolute Gasteiger partial charge is 0.497 e. The molecule has 2 heterocycles. The maximum Gasteiger partial charge on any atom is 0.265 e. The number of rotatable bonds is 4. The molecule has 28 heavy (non-hydrogen) atoms. The van der Waals surface area contributed by atoms with E-state index in [0.717, 1.165) is 24.2 Å². The Bertz CT molecular complexity index is 970. The molecule has 1 aliphatic heterocycles. The minimum absolute atomic E-state index is 0.00798. The number of carbonyl (C=O) groups excluding carboxylic acids is 2. The van der Waals surface area contributed by atoms with Crippen LogP contribution < -0.4 is 15.4 Å². The summed E-state index contributed by atoms with van der Waals surface area (Å²) in [6.07, 6.45) is 2.26. The van der Waals surface area contributed by atoms with Crippen molar-refractivity contribution in [2.75, 3.05) is 12.4 Å². The number of carbonyl (C=O) groups is 2. The molecule has 0 saturated heterocycles. The van der Waals surface area contributed by atoms with Crippen LogP contribution in [-0.2, 0) is 11.3 Å². The van der Waals surface area contributed by atoms with Crippen LogP contribution in [0, 0.1) is 9.87 Å². The Kier molecular flexibility index (Phi) is 5.44. The normalized spacial score (nSPS) is 23.4. The summed E-state index contributed by atoms with van der Waals surface area (Å²) < 4.78 is 7.69. The molecule has 2 aromatic rings. The van der Waals surface area contributed by atoms with Gasteiger partial charge in [-0.2, -0.15) is 0 Å². The molecule has 2 aliphatic rings. The molecule has 9 heteroatoms. The van der Waals surface area contributed by atoms with Gasteiger partial charge in [0.25, 0.3) is 5.91 Å². The third kappa shape index (κ3) is 3.56. The summed E-state index contributed by atoms with van der Waals surface area (Å²) in [7, 11) is 1.61. The maximum absolute atomic E-state index is 12.8. The number of nitrogens with one attached hydrogen (secondary N) is 2. The van der Waals surface area contributed by atoms with E-state index >= 15 is 0 Å². The molecule has 2 amide bonds. The molecule has 1 aromatic heterocycles. The number of halogens is 1. The van der Waals surface area contributed by atoms with Gasteiger partial charge >= 0.3 is 0 Å². The van der Waals surface area contributed by atoms with Gasteiger partial charge in [0.2, 0.25) is 5.91 Å². The number of nitrogens with zero attached hydrogens (tertiary/aromatic N) is 1. The Hall–Kier alpha value is -1.90. The standard InChI is InChI=1S/C19H20ClN3O3S2/c1-26-12-5-2-10(3-6-12)9-21-18(25)15-16-22-17(24)13-8-11(20)4-7-14(13)23(16)19(27)28-15/h2-3,5-6,11,13-14H,4,7-9H2,1H3,(H,21,25)(H,22,24). The fraction of sp³-hybridized carbons (Fsp3) is 0.421. The summed E-state index contributed by atoms with van der Waals surface area (Å²) in [5.41, 5.74) is 0.954. The zero-order chi connectivity index (χ0) is 19.8. The van der Waals surface area contributed by atoms with Gasteiger partial charge in [0, 0.05) is 18.0 Å². The summed E-state index contributed by atoms with van der Waals surface area (Å²) in [6, 6.07) is 7.46. The van der Waals surface area contributed by atoms with E-state index in [4.69, 9.17) is 28.6 Å². The second-order valence-corrected chi connectivity index (χ2v) is 9.28. The van der Waals surface area contributed by atoms with Crippen LogP contribution >= 0.6 is 35.2 Å². The second-order valence-electron chi connectivity index (χ2n) is 7.02. The number of methoxy groups -OCH3 is 1. The van der Waals surface area contributed by atoms with Crippen LogP contribution in [0.2, 0.25) is 0 Å². The number of ether oxygens (including phenoxy) is 1. The Labute approximate surface area is 176 Å². The van der Waals surface area contributed by atoms with Crippen LogP contribution in [0.5, 0.6) is 5.75 Å². The van der Waals surface area contributed by atoms with Crippen LogP contribution in [0.15, 0.2) is 24.3 Å². The van der Waals surface area contributed by atoms with E-state index < -0.39 is 0 Å². The highest BCUT2D eigenvalue weighted by molar-refractivity contribution is 7.73. The lowest BCUT2D eigenvalue weighted by Crippen LogP contribution is -2.42. The van der Waals surface area contributed by atoms with E-state index in [1.807, 2.05) is 28.8 Å². The third-order valence-electron chi connectivity index (χ3n) is 5.32. The van der Waals surface area contributed by atoms with Crippen LogP contribution in [0.3, 0.4) is 0 Å². The molecule has 3 unspecified atom stereocenters. The molecule has 0 radical (unpaired) electrons. The molecule has 1 aliphatic carbocycles. The van der Waals surface area contributed by atoms with Gasteiger partial charge in [0.15, 0.2) is 3.95 Å². The van der Waals surface area contributed by atoms with Crippen molar-refractivity contribution in [3.63, 3.8) is 0 Å². The fourth-order valence-corrected chi connectivity index (χ4v) is 5.57. The van der Waals surface area contributed by atoms with Crippen molar-refractivity contribution in [3.8, 4) is 5.75 Å². The first-order chi connectivity index (χ1) is 13.5. The number of thiazole rings is 1. The Morgan fingerprint density at radius 2 is 2.14 bits per heavy atom. The number of benzene rings is 1. The number of hydrogen-bond donors (Lipinski definition) is 2. The quantitative estimate of drug-likeness (QED) is 0.557. The third-order valence-corrected chi connectivity index (χ3v) is 7.12. The van der Waals surface area contributed by atoms with E-state index in [-0.39, 0.29) is 29.2 Å². The van der Waals surface area contributed by atoms with Gasteiger partial charge in [-0.1, -0.05) is 23.5 Å². The van der Waals surface area contributed by atoms with Crippen molar-refractivity contribution in [2.45, 2.75) is 37.2 Å². The molecule has 1 fully saturated rings. The zero-order valence-corrected chi connectivity index (χ0v) is 17.6. The molecule has 0 spiro atoms. The number of anilines is 1.